The molecule has 0 saturated carbocycles. The first-order valence-corrected chi connectivity index (χ1v) is 10.4. The van der Waals surface area contributed by atoms with Crippen molar-refractivity contribution in [1.29, 1.82) is 0 Å². The lowest BCUT2D eigenvalue weighted by Gasteiger charge is -2.19. The van der Waals surface area contributed by atoms with E-state index >= 15 is 0 Å². The molecule has 1 atom stereocenters. The zero-order valence-corrected chi connectivity index (χ0v) is 18.9. The highest BCUT2D eigenvalue weighted by atomic mass is 16.6. The van der Waals surface area contributed by atoms with Crippen LogP contribution in [-0.2, 0) is 25.6 Å². The molecule has 0 aliphatic rings. The third kappa shape index (κ3) is 14.8. The van der Waals surface area contributed by atoms with Crippen molar-refractivity contribution in [1.82, 2.24) is 16.0 Å². The van der Waals surface area contributed by atoms with Gasteiger partial charge in [-0.2, -0.15) is 0 Å². The standard InChI is InChI=1S/C22H35N3O6/c1-17(25-21(28)30-16-18-8-6-5-7-9-18)10-11-19(26)23-12-14-29-15-13-24-20(27)31-22(2,3)4/h5-9,17H,10-16H2,1-4H3,(H,23,26)(H,24,27)(H,25,28)/t17-/m1/s1. The summed E-state index contributed by atoms with van der Waals surface area (Å²) >= 11 is 0. The molecule has 1 aromatic rings. The Morgan fingerprint density at radius 1 is 0.968 bits per heavy atom. The van der Waals surface area contributed by atoms with Gasteiger partial charge in [-0.25, -0.2) is 9.59 Å². The van der Waals surface area contributed by atoms with Crippen LogP contribution in [0.2, 0.25) is 0 Å². The van der Waals surface area contributed by atoms with Crippen LogP contribution < -0.4 is 16.0 Å². The molecule has 0 unspecified atom stereocenters. The number of alkyl carbamates (subject to hydrolysis) is 2. The molecule has 3 amide bonds. The van der Waals surface area contributed by atoms with E-state index in [1.54, 1.807) is 20.8 Å². The Bertz CT molecular complexity index is 676. The summed E-state index contributed by atoms with van der Waals surface area (Å²) in [4.78, 5) is 35.1. The van der Waals surface area contributed by atoms with Crippen molar-refractivity contribution in [3.63, 3.8) is 0 Å². The molecular weight excluding hydrogens is 402 g/mol. The first-order valence-electron chi connectivity index (χ1n) is 10.4. The van der Waals surface area contributed by atoms with Gasteiger partial charge >= 0.3 is 12.2 Å². The number of rotatable bonds is 12. The van der Waals surface area contributed by atoms with E-state index < -0.39 is 17.8 Å². The average molecular weight is 438 g/mol. The predicted molar refractivity (Wildman–Crippen MR) is 117 cm³/mol. The van der Waals surface area contributed by atoms with Crippen molar-refractivity contribution in [3.05, 3.63) is 35.9 Å². The van der Waals surface area contributed by atoms with Gasteiger partial charge in [0.25, 0.3) is 0 Å². The predicted octanol–water partition coefficient (Wildman–Crippen LogP) is 2.74. The summed E-state index contributed by atoms with van der Waals surface area (Å²) in [6.07, 6.45) is -0.228. The maximum Gasteiger partial charge on any atom is 0.407 e. The molecule has 0 aliphatic carbocycles. The first kappa shape index (κ1) is 26.2. The Morgan fingerprint density at radius 3 is 2.26 bits per heavy atom. The zero-order valence-electron chi connectivity index (χ0n) is 18.9. The normalized spacial score (nSPS) is 11.9. The van der Waals surface area contributed by atoms with Crippen LogP contribution in [0, 0.1) is 0 Å². The van der Waals surface area contributed by atoms with Gasteiger partial charge in [0.05, 0.1) is 13.2 Å². The van der Waals surface area contributed by atoms with E-state index in [1.165, 1.54) is 0 Å². The number of amides is 3. The topological polar surface area (TPSA) is 115 Å². The molecule has 9 heteroatoms. The van der Waals surface area contributed by atoms with E-state index in [0.29, 0.717) is 32.7 Å². The molecule has 0 fully saturated rings. The second kappa shape index (κ2) is 14.2. The van der Waals surface area contributed by atoms with Crippen LogP contribution in [0.5, 0.6) is 0 Å². The highest BCUT2D eigenvalue weighted by Crippen LogP contribution is 2.06. The van der Waals surface area contributed by atoms with Crippen molar-refractivity contribution < 1.29 is 28.6 Å². The second-order valence-corrected chi connectivity index (χ2v) is 8.04. The highest BCUT2D eigenvalue weighted by Gasteiger charge is 2.15. The number of ether oxygens (including phenoxy) is 3. The van der Waals surface area contributed by atoms with Gasteiger partial charge in [0, 0.05) is 25.6 Å². The molecule has 31 heavy (non-hydrogen) atoms. The summed E-state index contributed by atoms with van der Waals surface area (Å²) in [5, 5.41) is 8.04. The summed E-state index contributed by atoms with van der Waals surface area (Å²) in [7, 11) is 0. The largest absolute Gasteiger partial charge is 0.445 e. The molecule has 174 valence electrons. The maximum absolute atomic E-state index is 11.9. The van der Waals surface area contributed by atoms with Crippen LogP contribution in [-0.4, -0.2) is 56.0 Å². The lowest BCUT2D eigenvalue weighted by Crippen LogP contribution is -2.35. The van der Waals surface area contributed by atoms with Crippen LogP contribution in [0.25, 0.3) is 0 Å². The molecule has 1 rings (SSSR count). The summed E-state index contributed by atoms with van der Waals surface area (Å²) in [6, 6.07) is 9.22. The van der Waals surface area contributed by atoms with E-state index in [1.807, 2.05) is 37.3 Å². The monoisotopic (exact) mass is 437 g/mol. The van der Waals surface area contributed by atoms with Gasteiger partial charge in [-0.3, -0.25) is 4.79 Å². The van der Waals surface area contributed by atoms with E-state index in [0.717, 1.165) is 5.56 Å². The first-order chi connectivity index (χ1) is 14.7. The quantitative estimate of drug-likeness (QED) is 0.433. The Labute approximate surface area is 184 Å². The summed E-state index contributed by atoms with van der Waals surface area (Å²) in [6.45, 7) is 8.74. The zero-order chi connectivity index (χ0) is 23.1. The third-order valence-corrected chi connectivity index (χ3v) is 3.86. The van der Waals surface area contributed by atoms with Crippen LogP contribution in [0.15, 0.2) is 30.3 Å². The number of hydrogen-bond acceptors (Lipinski definition) is 6. The van der Waals surface area contributed by atoms with E-state index in [-0.39, 0.29) is 25.0 Å². The van der Waals surface area contributed by atoms with Gasteiger partial charge in [0.2, 0.25) is 5.91 Å². The highest BCUT2D eigenvalue weighted by molar-refractivity contribution is 5.76. The van der Waals surface area contributed by atoms with Gasteiger partial charge in [-0.05, 0) is 39.7 Å². The minimum atomic E-state index is -0.537. The van der Waals surface area contributed by atoms with Crippen molar-refractivity contribution in [2.45, 2.75) is 58.8 Å². The van der Waals surface area contributed by atoms with Crippen molar-refractivity contribution in [3.8, 4) is 0 Å². The van der Waals surface area contributed by atoms with Crippen molar-refractivity contribution in [2.75, 3.05) is 26.3 Å². The molecule has 0 aromatic heterocycles. The van der Waals surface area contributed by atoms with Crippen LogP contribution in [0.4, 0.5) is 9.59 Å². The minimum Gasteiger partial charge on any atom is -0.445 e. The molecule has 0 spiro atoms. The van der Waals surface area contributed by atoms with E-state index in [4.69, 9.17) is 14.2 Å². The molecule has 9 nitrogen and oxygen atoms in total. The van der Waals surface area contributed by atoms with E-state index in [9.17, 15) is 14.4 Å². The average Bonchev–Trinajstić information content (AvgIpc) is 2.69. The number of hydrogen-bond donors (Lipinski definition) is 3. The fraction of sp³-hybridized carbons (Fsp3) is 0.591. The summed E-state index contributed by atoms with van der Waals surface area (Å²) in [5.74, 6) is -0.123. The lowest BCUT2D eigenvalue weighted by atomic mass is 10.2. The minimum absolute atomic E-state index is 0.123. The number of carbonyl (C=O) groups excluding carboxylic acids is 3. The van der Waals surface area contributed by atoms with Crippen LogP contribution in [0.1, 0.15) is 46.1 Å². The smallest absolute Gasteiger partial charge is 0.407 e. The Balaban J connectivity index is 2.01. The number of nitrogens with one attached hydrogen (secondary N) is 3. The van der Waals surface area contributed by atoms with Gasteiger partial charge in [0.15, 0.2) is 0 Å². The molecule has 0 radical (unpaired) electrons. The molecular formula is C22H35N3O6. The Morgan fingerprint density at radius 2 is 1.61 bits per heavy atom. The SMILES string of the molecule is C[C@H](CCC(=O)NCCOCCNC(=O)OC(C)(C)C)NC(=O)OCc1ccccc1. The second-order valence-electron chi connectivity index (χ2n) is 8.04. The summed E-state index contributed by atoms with van der Waals surface area (Å²) in [5.41, 5.74) is 0.373. The van der Waals surface area contributed by atoms with Gasteiger partial charge in [-0.15, -0.1) is 0 Å². The third-order valence-electron chi connectivity index (χ3n) is 3.86. The summed E-state index contributed by atoms with van der Waals surface area (Å²) < 4.78 is 15.6. The van der Waals surface area contributed by atoms with Crippen LogP contribution in [0.3, 0.4) is 0 Å². The Hall–Kier alpha value is -2.81. The molecule has 0 aliphatic heterocycles. The lowest BCUT2D eigenvalue weighted by molar-refractivity contribution is -0.121. The van der Waals surface area contributed by atoms with Crippen LogP contribution >= 0.6 is 0 Å². The molecule has 3 N–H and O–H groups in total. The van der Waals surface area contributed by atoms with E-state index in [2.05, 4.69) is 16.0 Å². The van der Waals surface area contributed by atoms with Crippen molar-refractivity contribution in [2.24, 2.45) is 0 Å². The Kier molecular flexibility index (Phi) is 12.0. The number of benzene rings is 1. The number of carbonyl (C=O) groups is 3. The fourth-order valence-corrected chi connectivity index (χ4v) is 2.38. The molecule has 1 aromatic carbocycles. The van der Waals surface area contributed by atoms with Gasteiger partial charge in [0.1, 0.15) is 12.2 Å². The maximum atomic E-state index is 11.9. The molecule has 0 bridgehead atoms. The molecule has 0 heterocycles. The van der Waals surface area contributed by atoms with Gasteiger partial charge < -0.3 is 30.2 Å². The van der Waals surface area contributed by atoms with Crippen molar-refractivity contribution >= 4 is 18.1 Å². The molecule has 0 saturated heterocycles. The van der Waals surface area contributed by atoms with Gasteiger partial charge in [-0.1, -0.05) is 30.3 Å². The fourth-order valence-electron chi connectivity index (χ4n) is 2.38.